The molecule has 82 valence electrons. The third-order valence-corrected chi connectivity index (χ3v) is 3.10. The first-order valence-corrected chi connectivity index (χ1v) is 5.37. The van der Waals surface area contributed by atoms with E-state index in [4.69, 9.17) is 9.47 Å². The van der Waals surface area contributed by atoms with Crippen molar-refractivity contribution in [3.05, 3.63) is 29.3 Å². The van der Waals surface area contributed by atoms with Crippen molar-refractivity contribution in [3.63, 3.8) is 0 Å². The molecule has 3 heteroatoms. The molecule has 0 unspecified atom stereocenters. The molecule has 0 bridgehead atoms. The standard InChI is InChI=1S/C13H12O3/c1-15-9-2-4-12-8(6-9)7-10-11(14)3-5-13(10)16-12/h2,4,6-7,13H,3,5H2,1H3/t13-/m1/s1. The third-order valence-electron chi connectivity index (χ3n) is 3.10. The number of rotatable bonds is 1. The van der Waals surface area contributed by atoms with E-state index in [1.807, 2.05) is 24.3 Å². The van der Waals surface area contributed by atoms with Crippen LogP contribution < -0.4 is 9.47 Å². The molecule has 1 atom stereocenters. The smallest absolute Gasteiger partial charge is 0.162 e. The van der Waals surface area contributed by atoms with Crippen LogP contribution in [-0.4, -0.2) is 19.0 Å². The number of hydrogen-bond acceptors (Lipinski definition) is 3. The van der Waals surface area contributed by atoms with Crippen LogP contribution in [0.5, 0.6) is 11.5 Å². The van der Waals surface area contributed by atoms with Crippen molar-refractivity contribution in [2.24, 2.45) is 0 Å². The lowest BCUT2D eigenvalue weighted by atomic mass is 10.0. The molecule has 1 aliphatic carbocycles. The van der Waals surface area contributed by atoms with Gasteiger partial charge in [0.1, 0.15) is 17.6 Å². The molecule has 0 spiro atoms. The lowest BCUT2D eigenvalue weighted by Gasteiger charge is -2.21. The Morgan fingerprint density at radius 1 is 1.44 bits per heavy atom. The van der Waals surface area contributed by atoms with Gasteiger partial charge in [0.15, 0.2) is 5.78 Å². The number of hydrogen-bond donors (Lipinski definition) is 0. The Morgan fingerprint density at radius 2 is 2.31 bits per heavy atom. The van der Waals surface area contributed by atoms with Crippen LogP contribution in [0.1, 0.15) is 18.4 Å². The molecule has 0 amide bonds. The Morgan fingerprint density at radius 3 is 3.12 bits per heavy atom. The predicted molar refractivity (Wildman–Crippen MR) is 59.6 cm³/mol. The van der Waals surface area contributed by atoms with Crippen molar-refractivity contribution in [3.8, 4) is 11.5 Å². The summed E-state index contributed by atoms with van der Waals surface area (Å²) in [6, 6.07) is 5.66. The zero-order valence-corrected chi connectivity index (χ0v) is 9.03. The fraction of sp³-hybridized carbons (Fsp3) is 0.308. The summed E-state index contributed by atoms with van der Waals surface area (Å²) >= 11 is 0. The molecule has 2 aliphatic rings. The van der Waals surface area contributed by atoms with E-state index in [1.54, 1.807) is 7.11 Å². The van der Waals surface area contributed by atoms with E-state index in [2.05, 4.69) is 0 Å². The molecular weight excluding hydrogens is 204 g/mol. The van der Waals surface area contributed by atoms with Crippen LogP contribution in [0, 0.1) is 0 Å². The first-order valence-electron chi connectivity index (χ1n) is 5.37. The first-order chi connectivity index (χ1) is 7.78. The highest BCUT2D eigenvalue weighted by Gasteiger charge is 2.33. The second kappa shape index (κ2) is 3.37. The van der Waals surface area contributed by atoms with Crippen LogP contribution >= 0.6 is 0 Å². The van der Waals surface area contributed by atoms with Gasteiger partial charge < -0.3 is 9.47 Å². The molecule has 0 aromatic heterocycles. The second-order valence-corrected chi connectivity index (χ2v) is 4.07. The molecule has 1 saturated carbocycles. The van der Waals surface area contributed by atoms with Crippen molar-refractivity contribution in [2.75, 3.05) is 7.11 Å². The number of benzene rings is 1. The minimum atomic E-state index is -0.0339. The Hall–Kier alpha value is -1.77. The summed E-state index contributed by atoms with van der Waals surface area (Å²) in [6.07, 6.45) is 3.30. The number of carbonyl (C=O) groups excluding carboxylic acids is 1. The summed E-state index contributed by atoms with van der Waals surface area (Å²) in [5.74, 6) is 1.82. The molecule has 3 rings (SSSR count). The molecule has 1 aromatic rings. The van der Waals surface area contributed by atoms with E-state index in [0.717, 1.165) is 29.1 Å². The van der Waals surface area contributed by atoms with E-state index in [-0.39, 0.29) is 11.9 Å². The number of Topliss-reactive ketones (excluding diaryl/α,β-unsaturated/α-hetero) is 1. The quantitative estimate of drug-likeness (QED) is 0.722. The van der Waals surface area contributed by atoms with E-state index in [0.29, 0.717) is 6.42 Å². The van der Waals surface area contributed by atoms with Gasteiger partial charge in [-0.05, 0) is 30.7 Å². The third kappa shape index (κ3) is 1.32. The van der Waals surface area contributed by atoms with Gasteiger partial charge in [0.25, 0.3) is 0 Å². The predicted octanol–water partition coefficient (Wildman–Crippen LogP) is 2.20. The Labute approximate surface area is 93.7 Å². The van der Waals surface area contributed by atoms with E-state index >= 15 is 0 Å². The second-order valence-electron chi connectivity index (χ2n) is 4.07. The van der Waals surface area contributed by atoms with Crippen LogP contribution in [0.15, 0.2) is 23.8 Å². The molecule has 1 aliphatic heterocycles. The highest BCUT2D eigenvalue weighted by molar-refractivity contribution is 6.03. The minimum absolute atomic E-state index is 0.0339. The number of ketones is 1. The fourth-order valence-corrected chi connectivity index (χ4v) is 2.23. The van der Waals surface area contributed by atoms with Crippen LogP contribution in [0.25, 0.3) is 6.08 Å². The van der Waals surface area contributed by atoms with Crippen molar-refractivity contribution >= 4 is 11.9 Å². The van der Waals surface area contributed by atoms with Crippen LogP contribution in [0.3, 0.4) is 0 Å². The Balaban J connectivity index is 2.08. The fourth-order valence-electron chi connectivity index (χ4n) is 2.23. The van der Waals surface area contributed by atoms with Gasteiger partial charge in [0.2, 0.25) is 0 Å². The molecule has 3 nitrogen and oxygen atoms in total. The maximum Gasteiger partial charge on any atom is 0.162 e. The SMILES string of the molecule is COc1ccc2c(c1)C=C1C(=O)CC[C@H]1O2. The minimum Gasteiger partial charge on any atom is -0.497 e. The normalized spacial score (nSPS) is 21.9. The lowest BCUT2D eigenvalue weighted by Crippen LogP contribution is -2.19. The average Bonchev–Trinajstić information content (AvgIpc) is 2.67. The largest absolute Gasteiger partial charge is 0.497 e. The zero-order chi connectivity index (χ0) is 11.1. The van der Waals surface area contributed by atoms with Gasteiger partial charge in [0, 0.05) is 17.6 Å². The first kappa shape index (κ1) is 9.46. The highest BCUT2D eigenvalue weighted by Crippen LogP contribution is 2.37. The summed E-state index contributed by atoms with van der Waals surface area (Å²) < 4.78 is 10.9. The lowest BCUT2D eigenvalue weighted by molar-refractivity contribution is -0.114. The van der Waals surface area contributed by atoms with Crippen LogP contribution in [-0.2, 0) is 4.79 Å². The van der Waals surface area contributed by atoms with Crippen molar-refractivity contribution < 1.29 is 14.3 Å². The molecule has 1 fully saturated rings. The summed E-state index contributed by atoms with van der Waals surface area (Å²) in [6.45, 7) is 0. The van der Waals surface area contributed by atoms with E-state index in [9.17, 15) is 4.79 Å². The van der Waals surface area contributed by atoms with Gasteiger partial charge >= 0.3 is 0 Å². The van der Waals surface area contributed by atoms with Gasteiger partial charge in [-0.15, -0.1) is 0 Å². The van der Waals surface area contributed by atoms with Crippen molar-refractivity contribution in [1.82, 2.24) is 0 Å². The summed E-state index contributed by atoms with van der Waals surface area (Å²) in [5, 5.41) is 0. The Kier molecular flexibility index (Phi) is 1.99. The molecular formula is C13H12O3. The summed E-state index contributed by atoms with van der Waals surface area (Å²) in [4.78, 5) is 11.6. The summed E-state index contributed by atoms with van der Waals surface area (Å²) in [7, 11) is 1.63. The molecule has 1 aromatic carbocycles. The molecule has 0 saturated heterocycles. The topological polar surface area (TPSA) is 35.5 Å². The highest BCUT2D eigenvalue weighted by atomic mass is 16.5. The van der Waals surface area contributed by atoms with Crippen LogP contribution in [0.2, 0.25) is 0 Å². The maximum atomic E-state index is 11.6. The summed E-state index contributed by atoms with van der Waals surface area (Å²) in [5.41, 5.74) is 1.74. The molecule has 1 heterocycles. The van der Waals surface area contributed by atoms with Gasteiger partial charge in [-0.25, -0.2) is 0 Å². The maximum absolute atomic E-state index is 11.6. The van der Waals surface area contributed by atoms with Gasteiger partial charge in [-0.3, -0.25) is 4.79 Å². The van der Waals surface area contributed by atoms with Gasteiger partial charge in [-0.2, -0.15) is 0 Å². The van der Waals surface area contributed by atoms with Crippen LogP contribution in [0.4, 0.5) is 0 Å². The number of methoxy groups -OCH3 is 1. The van der Waals surface area contributed by atoms with E-state index < -0.39 is 0 Å². The average molecular weight is 216 g/mol. The Bertz CT molecular complexity index is 488. The van der Waals surface area contributed by atoms with Crippen molar-refractivity contribution in [1.29, 1.82) is 0 Å². The molecule has 0 radical (unpaired) electrons. The molecule has 16 heavy (non-hydrogen) atoms. The number of fused-ring (bicyclic) bond motifs is 2. The van der Waals surface area contributed by atoms with Crippen molar-refractivity contribution in [2.45, 2.75) is 18.9 Å². The van der Waals surface area contributed by atoms with E-state index in [1.165, 1.54) is 0 Å². The molecule has 0 N–H and O–H groups in total. The monoisotopic (exact) mass is 216 g/mol. The zero-order valence-electron chi connectivity index (χ0n) is 9.03. The van der Waals surface area contributed by atoms with Gasteiger partial charge in [0.05, 0.1) is 7.11 Å². The number of ether oxygens (including phenoxy) is 2. The van der Waals surface area contributed by atoms with Gasteiger partial charge in [-0.1, -0.05) is 0 Å². The number of carbonyl (C=O) groups is 1.